The van der Waals surface area contributed by atoms with Crippen LogP contribution in [0.3, 0.4) is 0 Å². The third-order valence-corrected chi connectivity index (χ3v) is 3.70. The number of aromatic amines is 2. The van der Waals surface area contributed by atoms with Gasteiger partial charge in [0.05, 0.1) is 6.20 Å². The van der Waals surface area contributed by atoms with Gasteiger partial charge in [0.2, 0.25) is 0 Å². The van der Waals surface area contributed by atoms with Crippen LogP contribution in [0.5, 0.6) is 0 Å². The summed E-state index contributed by atoms with van der Waals surface area (Å²) < 4.78 is 0. The van der Waals surface area contributed by atoms with E-state index in [-0.39, 0.29) is 17.0 Å². The standard InChI is InChI=1S/C14H17N5O2/c1-8-10(5-16-18-8)7-19(2)14(21)11-6-15-12(9-3-4-9)17-13(11)20/h5-6,9H,3-4,7H2,1-2H3,(H,16,18)(H,15,17,20). The molecule has 0 aliphatic heterocycles. The molecule has 2 N–H and O–H groups in total. The summed E-state index contributed by atoms with van der Waals surface area (Å²) in [6, 6.07) is 0. The number of nitrogens with zero attached hydrogens (tertiary/aromatic N) is 3. The van der Waals surface area contributed by atoms with Crippen LogP contribution in [0.15, 0.2) is 17.2 Å². The van der Waals surface area contributed by atoms with Gasteiger partial charge in [-0.1, -0.05) is 0 Å². The van der Waals surface area contributed by atoms with Gasteiger partial charge in [-0.05, 0) is 19.8 Å². The van der Waals surface area contributed by atoms with Crippen molar-refractivity contribution in [2.45, 2.75) is 32.2 Å². The molecule has 3 rings (SSSR count). The molecule has 1 fully saturated rings. The summed E-state index contributed by atoms with van der Waals surface area (Å²) >= 11 is 0. The van der Waals surface area contributed by atoms with Crippen LogP contribution in [0.2, 0.25) is 0 Å². The fraction of sp³-hybridized carbons (Fsp3) is 0.429. The molecule has 0 atom stereocenters. The smallest absolute Gasteiger partial charge is 0.263 e. The van der Waals surface area contributed by atoms with Crippen molar-refractivity contribution in [3.63, 3.8) is 0 Å². The minimum Gasteiger partial charge on any atom is -0.337 e. The van der Waals surface area contributed by atoms with Crippen molar-refractivity contribution >= 4 is 5.91 Å². The van der Waals surface area contributed by atoms with Crippen molar-refractivity contribution in [3.05, 3.63) is 45.4 Å². The Bertz CT molecular complexity index is 729. The number of carbonyl (C=O) groups excluding carboxylic acids is 1. The van der Waals surface area contributed by atoms with Gasteiger partial charge in [-0.15, -0.1) is 0 Å². The fourth-order valence-corrected chi connectivity index (χ4v) is 2.19. The van der Waals surface area contributed by atoms with Crippen LogP contribution in [0, 0.1) is 6.92 Å². The van der Waals surface area contributed by atoms with E-state index in [0.29, 0.717) is 18.3 Å². The van der Waals surface area contributed by atoms with Crippen LogP contribution in [-0.4, -0.2) is 38.0 Å². The maximum atomic E-state index is 12.3. The molecule has 110 valence electrons. The van der Waals surface area contributed by atoms with E-state index in [4.69, 9.17) is 0 Å². The summed E-state index contributed by atoms with van der Waals surface area (Å²) in [5.74, 6) is 0.699. The average Bonchev–Trinajstić information content (AvgIpc) is 3.23. The van der Waals surface area contributed by atoms with Crippen LogP contribution in [0.1, 0.15) is 46.2 Å². The lowest BCUT2D eigenvalue weighted by molar-refractivity contribution is 0.0782. The number of rotatable bonds is 4. The lowest BCUT2D eigenvalue weighted by atomic mass is 10.2. The normalized spacial score (nSPS) is 14.2. The number of amides is 1. The molecular weight excluding hydrogens is 270 g/mol. The highest BCUT2D eigenvalue weighted by atomic mass is 16.2. The molecular formula is C14H17N5O2. The minimum absolute atomic E-state index is 0.0723. The van der Waals surface area contributed by atoms with Gasteiger partial charge >= 0.3 is 0 Å². The van der Waals surface area contributed by atoms with Gasteiger partial charge in [-0.3, -0.25) is 14.7 Å². The predicted octanol–water partition coefficient (Wildman–Crippen LogP) is 0.951. The van der Waals surface area contributed by atoms with E-state index >= 15 is 0 Å². The Labute approximate surface area is 121 Å². The van der Waals surface area contributed by atoms with Gasteiger partial charge in [0, 0.05) is 37.0 Å². The predicted molar refractivity (Wildman–Crippen MR) is 76.0 cm³/mol. The van der Waals surface area contributed by atoms with E-state index in [2.05, 4.69) is 20.2 Å². The molecule has 0 spiro atoms. The molecule has 0 unspecified atom stereocenters. The van der Waals surface area contributed by atoms with E-state index in [0.717, 1.165) is 24.1 Å². The molecule has 0 bridgehead atoms. The fourth-order valence-electron chi connectivity index (χ4n) is 2.19. The highest BCUT2D eigenvalue weighted by Crippen LogP contribution is 2.37. The Morgan fingerprint density at radius 1 is 1.43 bits per heavy atom. The van der Waals surface area contributed by atoms with Crippen molar-refractivity contribution in [3.8, 4) is 0 Å². The first-order valence-electron chi connectivity index (χ1n) is 6.89. The molecule has 0 radical (unpaired) electrons. The SMILES string of the molecule is Cc1[nH]ncc1CN(C)C(=O)c1cnc(C2CC2)[nH]c1=O. The van der Waals surface area contributed by atoms with Crippen LogP contribution >= 0.6 is 0 Å². The van der Waals surface area contributed by atoms with Crippen molar-refractivity contribution in [1.82, 2.24) is 25.1 Å². The average molecular weight is 287 g/mol. The zero-order valence-corrected chi connectivity index (χ0v) is 12.0. The minimum atomic E-state index is -0.368. The zero-order chi connectivity index (χ0) is 15.0. The largest absolute Gasteiger partial charge is 0.337 e. The van der Waals surface area contributed by atoms with Gasteiger partial charge in [0.15, 0.2) is 0 Å². The van der Waals surface area contributed by atoms with Crippen LogP contribution < -0.4 is 5.56 Å². The molecule has 1 amide bonds. The Morgan fingerprint density at radius 3 is 2.76 bits per heavy atom. The monoisotopic (exact) mass is 287 g/mol. The molecule has 7 nitrogen and oxygen atoms in total. The summed E-state index contributed by atoms with van der Waals surface area (Å²) in [6.45, 7) is 2.28. The van der Waals surface area contributed by atoms with Crippen LogP contribution in [0.4, 0.5) is 0 Å². The Kier molecular flexibility index (Phi) is 3.32. The molecule has 1 aliphatic rings. The van der Waals surface area contributed by atoms with Crippen molar-refractivity contribution in [1.29, 1.82) is 0 Å². The molecule has 0 aromatic carbocycles. The third-order valence-electron chi connectivity index (χ3n) is 3.70. The molecule has 1 saturated carbocycles. The first kappa shape index (κ1) is 13.5. The second-order valence-electron chi connectivity index (χ2n) is 5.47. The summed E-state index contributed by atoms with van der Waals surface area (Å²) in [6.07, 6.45) is 5.16. The molecule has 7 heteroatoms. The summed E-state index contributed by atoms with van der Waals surface area (Å²) in [5, 5.41) is 6.74. The van der Waals surface area contributed by atoms with E-state index in [1.54, 1.807) is 13.2 Å². The number of hydrogen-bond acceptors (Lipinski definition) is 4. The quantitative estimate of drug-likeness (QED) is 0.875. The topological polar surface area (TPSA) is 94.7 Å². The number of aryl methyl sites for hydroxylation is 1. The van der Waals surface area contributed by atoms with Crippen LogP contribution in [-0.2, 0) is 6.54 Å². The summed E-state index contributed by atoms with van der Waals surface area (Å²) in [4.78, 5) is 32.8. The number of carbonyl (C=O) groups is 1. The Balaban J connectivity index is 1.78. The van der Waals surface area contributed by atoms with Crippen molar-refractivity contribution in [2.75, 3.05) is 7.05 Å². The van der Waals surface area contributed by atoms with E-state index in [1.807, 2.05) is 6.92 Å². The Morgan fingerprint density at radius 2 is 2.19 bits per heavy atom. The molecule has 0 saturated heterocycles. The lowest BCUT2D eigenvalue weighted by Crippen LogP contribution is -2.32. The molecule has 2 aromatic rings. The zero-order valence-electron chi connectivity index (χ0n) is 12.0. The maximum Gasteiger partial charge on any atom is 0.263 e. The lowest BCUT2D eigenvalue weighted by Gasteiger charge is -2.16. The highest BCUT2D eigenvalue weighted by Gasteiger charge is 2.27. The Hall–Kier alpha value is -2.44. The molecule has 2 aromatic heterocycles. The third kappa shape index (κ3) is 2.72. The van der Waals surface area contributed by atoms with E-state index in [1.165, 1.54) is 11.1 Å². The van der Waals surface area contributed by atoms with Gasteiger partial charge in [-0.25, -0.2) is 4.98 Å². The second kappa shape index (κ2) is 5.16. The van der Waals surface area contributed by atoms with E-state index in [9.17, 15) is 9.59 Å². The molecule has 2 heterocycles. The van der Waals surface area contributed by atoms with E-state index < -0.39 is 0 Å². The number of hydrogen-bond donors (Lipinski definition) is 2. The number of nitrogens with one attached hydrogen (secondary N) is 2. The second-order valence-corrected chi connectivity index (χ2v) is 5.47. The van der Waals surface area contributed by atoms with Crippen molar-refractivity contribution < 1.29 is 4.79 Å². The van der Waals surface area contributed by atoms with Crippen molar-refractivity contribution in [2.24, 2.45) is 0 Å². The van der Waals surface area contributed by atoms with Gasteiger partial charge in [-0.2, -0.15) is 5.10 Å². The van der Waals surface area contributed by atoms with Gasteiger partial charge < -0.3 is 9.88 Å². The number of aromatic nitrogens is 4. The first-order chi connectivity index (χ1) is 10.1. The molecule has 1 aliphatic carbocycles. The molecule has 21 heavy (non-hydrogen) atoms. The summed E-state index contributed by atoms with van der Waals surface area (Å²) in [5.41, 5.74) is 1.53. The van der Waals surface area contributed by atoms with Gasteiger partial charge in [0.1, 0.15) is 11.4 Å². The maximum absolute atomic E-state index is 12.3. The highest BCUT2D eigenvalue weighted by molar-refractivity contribution is 5.93. The number of H-pyrrole nitrogens is 2. The van der Waals surface area contributed by atoms with Gasteiger partial charge in [0.25, 0.3) is 11.5 Å². The summed E-state index contributed by atoms with van der Waals surface area (Å²) in [7, 11) is 1.66. The van der Waals surface area contributed by atoms with Crippen LogP contribution in [0.25, 0.3) is 0 Å². The first-order valence-corrected chi connectivity index (χ1v) is 6.89.